The van der Waals surface area contributed by atoms with E-state index in [1.165, 1.54) is 64.2 Å². The molecule has 2 saturated carbocycles. The van der Waals surface area contributed by atoms with Crippen LogP contribution in [0.25, 0.3) is 0 Å². The lowest BCUT2D eigenvalue weighted by Gasteiger charge is -2.30. The second-order valence-corrected chi connectivity index (χ2v) is 9.54. The number of carbonyl (C=O) groups excluding carboxylic acids is 1. The molecule has 0 bridgehead atoms. The van der Waals surface area contributed by atoms with E-state index >= 15 is 0 Å². The van der Waals surface area contributed by atoms with Gasteiger partial charge in [-0.05, 0) is 52.4 Å². The third-order valence-corrected chi connectivity index (χ3v) is 5.29. The van der Waals surface area contributed by atoms with E-state index < -0.39 is 23.7 Å². The maximum Gasteiger partial charge on any atom is 0.408 e. The van der Waals surface area contributed by atoms with Gasteiger partial charge in [0.1, 0.15) is 11.6 Å². The molecule has 164 valence electrons. The molecule has 0 aromatic rings. The van der Waals surface area contributed by atoms with Gasteiger partial charge in [0.2, 0.25) is 0 Å². The van der Waals surface area contributed by atoms with E-state index in [4.69, 9.17) is 9.84 Å². The van der Waals surface area contributed by atoms with Crippen molar-refractivity contribution in [3.05, 3.63) is 0 Å². The van der Waals surface area contributed by atoms with Crippen LogP contribution < -0.4 is 10.6 Å². The Kier molecular flexibility index (Phi) is 10.9. The largest absolute Gasteiger partial charge is 0.480 e. The van der Waals surface area contributed by atoms with Crippen molar-refractivity contribution < 1.29 is 19.4 Å². The Labute approximate surface area is 171 Å². The summed E-state index contributed by atoms with van der Waals surface area (Å²) < 4.78 is 4.96. The van der Waals surface area contributed by atoms with Crippen LogP contribution in [0.15, 0.2) is 0 Å². The quantitative estimate of drug-likeness (QED) is 0.615. The van der Waals surface area contributed by atoms with Gasteiger partial charge in [0.25, 0.3) is 0 Å². The van der Waals surface area contributed by atoms with Gasteiger partial charge in [0.05, 0.1) is 0 Å². The lowest BCUT2D eigenvalue weighted by atomic mass is 9.91. The summed E-state index contributed by atoms with van der Waals surface area (Å²) >= 11 is 0. The summed E-state index contributed by atoms with van der Waals surface area (Å²) in [4.78, 5) is 22.1. The van der Waals surface area contributed by atoms with Crippen LogP contribution in [0.3, 0.4) is 0 Å². The van der Waals surface area contributed by atoms with Gasteiger partial charge in [0.15, 0.2) is 0 Å². The van der Waals surface area contributed by atoms with Crippen LogP contribution in [0.4, 0.5) is 4.79 Å². The van der Waals surface area contributed by atoms with Gasteiger partial charge in [0, 0.05) is 12.1 Å². The maximum atomic E-state index is 11.3. The molecule has 0 aliphatic heterocycles. The highest BCUT2D eigenvalue weighted by atomic mass is 16.6. The first-order valence-corrected chi connectivity index (χ1v) is 11.1. The lowest BCUT2D eigenvalue weighted by molar-refractivity contribution is -0.140. The number of nitrogens with one attached hydrogen (secondary N) is 2. The standard InChI is InChI=1S/C12H23N.C10H19NO4/c1-3-7-11(8-4-1)13-12-9-5-2-6-10-12;1-6(2)7(8(12)13)11-9(14)15-10(3,4)5/h11-13H,1-10H2;6-7H,1-5H3,(H,11,14)(H,12,13)/t;7-/m.0/s1. The highest BCUT2D eigenvalue weighted by Gasteiger charge is 2.26. The summed E-state index contributed by atoms with van der Waals surface area (Å²) in [5, 5.41) is 15.0. The van der Waals surface area contributed by atoms with E-state index in [1.54, 1.807) is 34.6 Å². The zero-order chi connectivity index (χ0) is 21.2. The van der Waals surface area contributed by atoms with E-state index in [0.29, 0.717) is 0 Å². The number of carbonyl (C=O) groups is 2. The summed E-state index contributed by atoms with van der Waals surface area (Å²) in [6.07, 6.45) is 13.9. The number of carboxylic acids is 1. The molecule has 0 heterocycles. The zero-order valence-corrected chi connectivity index (χ0v) is 18.6. The molecular formula is C22H42N2O4. The summed E-state index contributed by atoms with van der Waals surface area (Å²) in [5.74, 6) is -1.24. The molecule has 0 aromatic carbocycles. The first-order chi connectivity index (χ1) is 13.1. The molecule has 0 unspecified atom stereocenters. The van der Waals surface area contributed by atoms with Crippen LogP contribution in [0.1, 0.15) is 98.8 Å². The SMILES string of the molecule is C1CCC(NC2CCCCC2)CC1.CC(C)[C@H](NC(=O)OC(C)(C)C)C(=O)O. The first kappa shape index (κ1) is 24.7. The fourth-order valence-electron chi connectivity index (χ4n) is 3.82. The summed E-state index contributed by atoms with van der Waals surface area (Å²) in [6, 6.07) is 0.827. The second-order valence-electron chi connectivity index (χ2n) is 9.54. The zero-order valence-electron chi connectivity index (χ0n) is 18.6. The minimum absolute atomic E-state index is 0.185. The molecule has 0 spiro atoms. The number of hydrogen-bond donors (Lipinski definition) is 3. The Bertz CT molecular complexity index is 446. The van der Waals surface area contributed by atoms with Crippen molar-refractivity contribution in [2.24, 2.45) is 5.92 Å². The Morgan fingerprint density at radius 1 is 0.893 bits per heavy atom. The lowest BCUT2D eigenvalue weighted by Crippen LogP contribution is -2.46. The number of rotatable bonds is 5. The highest BCUT2D eigenvalue weighted by Crippen LogP contribution is 2.22. The molecule has 6 heteroatoms. The summed E-state index contributed by atoms with van der Waals surface area (Å²) in [5.41, 5.74) is -0.621. The molecule has 6 nitrogen and oxygen atoms in total. The van der Waals surface area contributed by atoms with Crippen molar-refractivity contribution in [2.75, 3.05) is 0 Å². The molecule has 2 fully saturated rings. The van der Waals surface area contributed by atoms with E-state index in [9.17, 15) is 9.59 Å². The van der Waals surface area contributed by atoms with Crippen LogP contribution in [-0.2, 0) is 9.53 Å². The van der Waals surface area contributed by atoms with Crippen LogP contribution >= 0.6 is 0 Å². The average molecular weight is 399 g/mol. The Morgan fingerprint density at radius 2 is 1.32 bits per heavy atom. The van der Waals surface area contributed by atoms with Gasteiger partial charge in [-0.25, -0.2) is 9.59 Å². The molecule has 28 heavy (non-hydrogen) atoms. The third kappa shape index (κ3) is 10.9. The third-order valence-electron chi connectivity index (χ3n) is 5.29. The topological polar surface area (TPSA) is 87.7 Å². The van der Waals surface area contributed by atoms with Crippen LogP contribution in [-0.4, -0.2) is 40.9 Å². The van der Waals surface area contributed by atoms with E-state index in [1.807, 2.05) is 0 Å². The minimum atomic E-state index is -1.06. The van der Waals surface area contributed by atoms with Gasteiger partial charge >= 0.3 is 12.1 Å². The monoisotopic (exact) mass is 398 g/mol. The van der Waals surface area contributed by atoms with Crippen molar-refractivity contribution in [1.29, 1.82) is 0 Å². The normalized spacial score (nSPS) is 20.1. The van der Waals surface area contributed by atoms with E-state index in [-0.39, 0.29) is 5.92 Å². The minimum Gasteiger partial charge on any atom is -0.480 e. The van der Waals surface area contributed by atoms with Crippen LogP contribution in [0.2, 0.25) is 0 Å². The molecule has 1 amide bonds. The molecule has 3 N–H and O–H groups in total. The van der Waals surface area contributed by atoms with E-state index in [2.05, 4.69) is 10.6 Å². The molecule has 2 rings (SSSR count). The number of carboxylic acid groups (broad SMARTS) is 1. The van der Waals surface area contributed by atoms with Gasteiger partial charge < -0.3 is 20.5 Å². The molecule has 2 aliphatic carbocycles. The number of ether oxygens (including phenoxy) is 1. The maximum absolute atomic E-state index is 11.3. The summed E-state index contributed by atoms with van der Waals surface area (Å²) in [7, 11) is 0. The first-order valence-electron chi connectivity index (χ1n) is 11.1. The van der Waals surface area contributed by atoms with Crippen molar-refractivity contribution in [1.82, 2.24) is 10.6 Å². The molecule has 1 atom stereocenters. The van der Waals surface area contributed by atoms with Gasteiger partial charge in [-0.2, -0.15) is 0 Å². The van der Waals surface area contributed by atoms with Crippen molar-refractivity contribution in [3.63, 3.8) is 0 Å². The number of amides is 1. The van der Waals surface area contributed by atoms with Crippen molar-refractivity contribution in [2.45, 2.75) is 123 Å². The Hall–Kier alpha value is -1.30. The number of hydrogen-bond acceptors (Lipinski definition) is 4. The summed E-state index contributed by atoms with van der Waals surface area (Å²) in [6.45, 7) is 8.60. The molecule has 0 aromatic heterocycles. The van der Waals surface area contributed by atoms with Crippen molar-refractivity contribution >= 4 is 12.1 Å². The molecule has 2 aliphatic rings. The molecular weight excluding hydrogens is 356 g/mol. The number of alkyl carbamates (subject to hydrolysis) is 1. The van der Waals surface area contributed by atoms with Gasteiger partial charge in [-0.15, -0.1) is 0 Å². The Balaban J connectivity index is 0.000000281. The van der Waals surface area contributed by atoms with Crippen LogP contribution in [0.5, 0.6) is 0 Å². The van der Waals surface area contributed by atoms with Crippen LogP contribution in [0, 0.1) is 5.92 Å². The fraction of sp³-hybridized carbons (Fsp3) is 0.909. The predicted molar refractivity (Wildman–Crippen MR) is 113 cm³/mol. The highest BCUT2D eigenvalue weighted by molar-refractivity contribution is 5.80. The fourth-order valence-corrected chi connectivity index (χ4v) is 3.82. The molecule has 0 saturated heterocycles. The van der Waals surface area contributed by atoms with Gasteiger partial charge in [-0.1, -0.05) is 52.4 Å². The average Bonchev–Trinajstić information content (AvgIpc) is 2.60. The van der Waals surface area contributed by atoms with Crippen molar-refractivity contribution in [3.8, 4) is 0 Å². The second kappa shape index (κ2) is 12.3. The smallest absolute Gasteiger partial charge is 0.408 e. The van der Waals surface area contributed by atoms with Gasteiger partial charge in [-0.3, -0.25) is 0 Å². The van der Waals surface area contributed by atoms with E-state index in [0.717, 1.165) is 12.1 Å². The predicted octanol–water partition coefficient (Wildman–Crippen LogP) is 4.86. The Morgan fingerprint density at radius 3 is 1.64 bits per heavy atom. The molecule has 0 radical (unpaired) electrons. The number of aliphatic carboxylic acids is 1.